The Bertz CT molecular complexity index is 849. The van der Waals surface area contributed by atoms with E-state index in [4.69, 9.17) is 4.52 Å². The Morgan fingerprint density at radius 3 is 2.62 bits per heavy atom. The summed E-state index contributed by atoms with van der Waals surface area (Å²) in [6.45, 7) is 2.05. The number of pyridine rings is 1. The van der Waals surface area contributed by atoms with Crippen molar-refractivity contribution < 1.29 is 9.32 Å². The maximum absolute atomic E-state index is 12.3. The summed E-state index contributed by atoms with van der Waals surface area (Å²) in [5, 5.41) is 7.01. The van der Waals surface area contributed by atoms with Crippen LogP contribution in [0.25, 0.3) is 11.4 Å². The quantitative estimate of drug-likeness (QED) is 0.629. The highest BCUT2D eigenvalue weighted by molar-refractivity contribution is 9.10. The molecule has 1 atom stereocenters. The predicted molar refractivity (Wildman–Crippen MR) is 101 cm³/mol. The largest absolute Gasteiger partial charge is 0.349 e. The van der Waals surface area contributed by atoms with Crippen molar-refractivity contribution in [2.75, 3.05) is 0 Å². The van der Waals surface area contributed by atoms with E-state index in [1.54, 1.807) is 12.4 Å². The normalized spacial score (nSPS) is 11.9. The van der Waals surface area contributed by atoms with Crippen molar-refractivity contribution in [1.82, 2.24) is 20.4 Å². The number of amides is 1. The zero-order valence-electron chi connectivity index (χ0n) is 14.4. The van der Waals surface area contributed by atoms with E-state index in [0.717, 1.165) is 22.0 Å². The Morgan fingerprint density at radius 1 is 1.19 bits per heavy atom. The minimum absolute atomic E-state index is 0.00864. The van der Waals surface area contributed by atoms with Crippen LogP contribution in [0.5, 0.6) is 0 Å². The number of hydrogen-bond donors (Lipinski definition) is 1. The molecular formula is C19H19BrN4O2. The minimum atomic E-state index is -0.0385. The van der Waals surface area contributed by atoms with Crippen molar-refractivity contribution >= 4 is 21.8 Å². The number of rotatable bonds is 7. The van der Waals surface area contributed by atoms with Gasteiger partial charge in [-0.15, -0.1) is 0 Å². The first-order chi connectivity index (χ1) is 12.7. The van der Waals surface area contributed by atoms with E-state index in [1.807, 2.05) is 43.3 Å². The van der Waals surface area contributed by atoms with E-state index in [9.17, 15) is 4.79 Å². The SMILES string of the molecule is CCC(NC(=O)CCc1nc(-c2ccncc2)no1)c1ccc(Br)cc1. The second kappa shape index (κ2) is 8.71. The van der Waals surface area contributed by atoms with Gasteiger partial charge < -0.3 is 9.84 Å². The molecule has 3 aromatic rings. The summed E-state index contributed by atoms with van der Waals surface area (Å²) in [7, 11) is 0. The highest BCUT2D eigenvalue weighted by Crippen LogP contribution is 2.20. The molecule has 0 saturated heterocycles. The summed E-state index contributed by atoms with van der Waals surface area (Å²) >= 11 is 3.42. The van der Waals surface area contributed by atoms with E-state index in [0.29, 0.717) is 24.6 Å². The molecule has 1 amide bonds. The van der Waals surface area contributed by atoms with Crippen molar-refractivity contribution in [3.05, 3.63) is 64.7 Å². The summed E-state index contributed by atoms with van der Waals surface area (Å²) in [6.07, 6.45) is 4.86. The fourth-order valence-electron chi connectivity index (χ4n) is 2.58. The van der Waals surface area contributed by atoms with Crippen molar-refractivity contribution in [3.8, 4) is 11.4 Å². The molecule has 6 nitrogen and oxygen atoms in total. The van der Waals surface area contributed by atoms with Gasteiger partial charge in [0.05, 0.1) is 6.04 Å². The summed E-state index contributed by atoms with van der Waals surface area (Å²) in [6, 6.07) is 11.6. The van der Waals surface area contributed by atoms with Crippen LogP contribution < -0.4 is 5.32 Å². The Balaban J connectivity index is 1.55. The van der Waals surface area contributed by atoms with E-state index >= 15 is 0 Å². The third-order valence-electron chi connectivity index (χ3n) is 3.99. The molecule has 0 aliphatic carbocycles. The zero-order valence-corrected chi connectivity index (χ0v) is 15.9. The third-order valence-corrected chi connectivity index (χ3v) is 4.52. The first kappa shape index (κ1) is 18.3. The van der Waals surface area contributed by atoms with Gasteiger partial charge in [-0.25, -0.2) is 0 Å². The number of carbonyl (C=O) groups excluding carboxylic acids is 1. The van der Waals surface area contributed by atoms with Crippen LogP contribution in [0.2, 0.25) is 0 Å². The number of carbonyl (C=O) groups is 1. The predicted octanol–water partition coefficient (Wildman–Crippen LogP) is 4.09. The second-order valence-corrected chi connectivity index (χ2v) is 6.74. The van der Waals surface area contributed by atoms with Crippen LogP contribution in [0.1, 0.15) is 37.3 Å². The van der Waals surface area contributed by atoms with Crippen LogP contribution in [0.15, 0.2) is 57.8 Å². The van der Waals surface area contributed by atoms with E-state index < -0.39 is 0 Å². The molecule has 1 N–H and O–H groups in total. The first-order valence-corrected chi connectivity index (χ1v) is 9.23. The summed E-state index contributed by atoms with van der Waals surface area (Å²) in [4.78, 5) is 20.6. The minimum Gasteiger partial charge on any atom is -0.349 e. The Hall–Kier alpha value is -2.54. The van der Waals surface area contributed by atoms with Gasteiger partial charge in [-0.1, -0.05) is 40.1 Å². The van der Waals surface area contributed by atoms with Gasteiger partial charge in [-0.2, -0.15) is 4.98 Å². The average molecular weight is 415 g/mol. The monoisotopic (exact) mass is 414 g/mol. The van der Waals surface area contributed by atoms with Gasteiger partial charge in [0, 0.05) is 35.3 Å². The lowest BCUT2D eigenvalue weighted by atomic mass is 10.0. The number of aromatic nitrogens is 3. The lowest BCUT2D eigenvalue weighted by molar-refractivity contribution is -0.121. The van der Waals surface area contributed by atoms with E-state index in [-0.39, 0.29) is 11.9 Å². The van der Waals surface area contributed by atoms with Gasteiger partial charge in [0.1, 0.15) is 0 Å². The number of aryl methyl sites for hydroxylation is 1. The highest BCUT2D eigenvalue weighted by atomic mass is 79.9. The molecule has 7 heteroatoms. The van der Waals surface area contributed by atoms with Crippen molar-refractivity contribution in [2.24, 2.45) is 0 Å². The van der Waals surface area contributed by atoms with Crippen LogP contribution >= 0.6 is 15.9 Å². The molecule has 2 aromatic heterocycles. The van der Waals surface area contributed by atoms with Gasteiger partial charge in [0.15, 0.2) is 0 Å². The highest BCUT2D eigenvalue weighted by Gasteiger charge is 2.15. The fourth-order valence-corrected chi connectivity index (χ4v) is 2.84. The molecule has 3 rings (SSSR count). The van der Waals surface area contributed by atoms with Gasteiger partial charge in [-0.3, -0.25) is 9.78 Å². The standard InChI is InChI=1S/C19H19BrN4O2/c1-2-16(13-3-5-15(20)6-4-13)22-17(25)7-8-18-23-19(24-26-18)14-9-11-21-12-10-14/h3-6,9-12,16H,2,7-8H2,1H3,(H,22,25). The number of nitrogens with zero attached hydrogens (tertiary/aromatic N) is 3. The number of benzene rings is 1. The fraction of sp³-hybridized carbons (Fsp3) is 0.263. The van der Waals surface area contributed by atoms with Crippen LogP contribution in [-0.4, -0.2) is 21.0 Å². The Labute approximate surface area is 160 Å². The number of hydrogen-bond acceptors (Lipinski definition) is 5. The Kier molecular flexibility index (Phi) is 6.12. The van der Waals surface area contributed by atoms with Gasteiger partial charge in [-0.05, 0) is 36.2 Å². The molecule has 0 aliphatic heterocycles. The molecule has 1 unspecified atom stereocenters. The number of halogens is 1. The maximum atomic E-state index is 12.3. The lowest BCUT2D eigenvalue weighted by Crippen LogP contribution is -2.28. The van der Waals surface area contributed by atoms with Crippen LogP contribution in [0, 0.1) is 0 Å². The maximum Gasteiger partial charge on any atom is 0.227 e. The first-order valence-electron chi connectivity index (χ1n) is 8.43. The van der Waals surface area contributed by atoms with Gasteiger partial charge in [0.25, 0.3) is 0 Å². The molecule has 26 heavy (non-hydrogen) atoms. The average Bonchev–Trinajstić information content (AvgIpc) is 3.15. The summed E-state index contributed by atoms with van der Waals surface area (Å²) < 4.78 is 6.25. The zero-order chi connectivity index (χ0) is 18.4. The third kappa shape index (κ3) is 4.76. The molecule has 2 heterocycles. The lowest BCUT2D eigenvalue weighted by Gasteiger charge is -2.17. The molecule has 134 valence electrons. The van der Waals surface area contributed by atoms with Gasteiger partial charge >= 0.3 is 0 Å². The van der Waals surface area contributed by atoms with Crippen molar-refractivity contribution in [3.63, 3.8) is 0 Å². The van der Waals surface area contributed by atoms with Crippen LogP contribution in [0.4, 0.5) is 0 Å². The smallest absolute Gasteiger partial charge is 0.227 e. The van der Waals surface area contributed by atoms with Gasteiger partial charge in [0.2, 0.25) is 17.6 Å². The molecule has 0 bridgehead atoms. The summed E-state index contributed by atoms with van der Waals surface area (Å²) in [5.74, 6) is 0.913. The summed E-state index contributed by atoms with van der Waals surface area (Å²) in [5.41, 5.74) is 1.92. The topological polar surface area (TPSA) is 80.9 Å². The van der Waals surface area contributed by atoms with Crippen LogP contribution in [-0.2, 0) is 11.2 Å². The molecule has 1 aromatic carbocycles. The van der Waals surface area contributed by atoms with Crippen molar-refractivity contribution in [1.29, 1.82) is 0 Å². The Morgan fingerprint density at radius 2 is 1.92 bits per heavy atom. The molecule has 0 saturated carbocycles. The molecule has 0 aliphatic rings. The van der Waals surface area contributed by atoms with Crippen LogP contribution in [0.3, 0.4) is 0 Å². The van der Waals surface area contributed by atoms with E-state index in [2.05, 4.69) is 36.4 Å². The second-order valence-electron chi connectivity index (χ2n) is 5.83. The molecular weight excluding hydrogens is 396 g/mol. The molecule has 0 spiro atoms. The number of nitrogens with one attached hydrogen (secondary N) is 1. The van der Waals surface area contributed by atoms with Crippen molar-refractivity contribution in [2.45, 2.75) is 32.2 Å². The van der Waals surface area contributed by atoms with E-state index in [1.165, 1.54) is 0 Å². The molecule has 0 radical (unpaired) electrons. The molecule has 0 fully saturated rings.